The van der Waals surface area contributed by atoms with Gasteiger partial charge in [-0.25, -0.2) is 9.97 Å². The van der Waals surface area contributed by atoms with Gasteiger partial charge in [-0.2, -0.15) is 0 Å². The molecule has 1 fully saturated rings. The SMILES string of the molecule is CC(Nc1ncncc1I)C1CC1(C)C. The third-order valence-electron chi connectivity index (χ3n) is 3.23. The molecule has 3 nitrogen and oxygen atoms in total. The van der Waals surface area contributed by atoms with Crippen LogP contribution in [0.25, 0.3) is 0 Å². The molecule has 0 radical (unpaired) electrons. The van der Waals surface area contributed by atoms with Crippen LogP contribution in [0.2, 0.25) is 0 Å². The molecule has 1 saturated carbocycles. The molecule has 15 heavy (non-hydrogen) atoms. The number of nitrogens with zero attached hydrogens (tertiary/aromatic N) is 2. The van der Waals surface area contributed by atoms with Gasteiger partial charge in [-0.3, -0.25) is 0 Å². The number of hydrogen-bond donors (Lipinski definition) is 1. The predicted octanol–water partition coefficient (Wildman–Crippen LogP) is 2.93. The van der Waals surface area contributed by atoms with Gasteiger partial charge in [-0.1, -0.05) is 13.8 Å². The molecule has 1 aliphatic rings. The highest BCUT2D eigenvalue weighted by atomic mass is 127. The van der Waals surface area contributed by atoms with Crippen LogP contribution < -0.4 is 5.32 Å². The van der Waals surface area contributed by atoms with E-state index in [0.29, 0.717) is 11.5 Å². The Morgan fingerprint density at radius 2 is 2.27 bits per heavy atom. The van der Waals surface area contributed by atoms with Crippen molar-refractivity contribution in [2.24, 2.45) is 11.3 Å². The van der Waals surface area contributed by atoms with Gasteiger partial charge in [-0.15, -0.1) is 0 Å². The fraction of sp³-hybridized carbons (Fsp3) is 0.636. The van der Waals surface area contributed by atoms with Crippen LogP contribution in [-0.4, -0.2) is 16.0 Å². The Labute approximate surface area is 104 Å². The van der Waals surface area contributed by atoms with Gasteiger partial charge in [0, 0.05) is 12.2 Å². The average Bonchev–Trinajstić information content (AvgIpc) is 2.79. The van der Waals surface area contributed by atoms with Crippen LogP contribution in [0.3, 0.4) is 0 Å². The second-order valence-corrected chi connectivity index (χ2v) is 6.11. The second-order valence-electron chi connectivity index (χ2n) is 4.95. The average molecular weight is 317 g/mol. The Balaban J connectivity index is 2.01. The normalized spacial score (nSPS) is 24.7. The third-order valence-corrected chi connectivity index (χ3v) is 4.01. The molecule has 1 N–H and O–H groups in total. The van der Waals surface area contributed by atoms with E-state index in [4.69, 9.17) is 0 Å². The summed E-state index contributed by atoms with van der Waals surface area (Å²) < 4.78 is 1.08. The molecule has 4 heteroatoms. The van der Waals surface area contributed by atoms with Crippen molar-refractivity contribution < 1.29 is 0 Å². The van der Waals surface area contributed by atoms with Crippen LogP contribution in [0.1, 0.15) is 27.2 Å². The molecule has 2 unspecified atom stereocenters. The summed E-state index contributed by atoms with van der Waals surface area (Å²) in [5, 5.41) is 3.47. The zero-order chi connectivity index (χ0) is 11.1. The Hall–Kier alpha value is -0.390. The van der Waals surface area contributed by atoms with Crippen molar-refractivity contribution >= 4 is 28.4 Å². The fourth-order valence-electron chi connectivity index (χ4n) is 2.10. The Morgan fingerprint density at radius 3 is 2.80 bits per heavy atom. The smallest absolute Gasteiger partial charge is 0.143 e. The molecule has 2 atom stereocenters. The highest BCUT2D eigenvalue weighted by Crippen LogP contribution is 2.53. The van der Waals surface area contributed by atoms with Gasteiger partial charge >= 0.3 is 0 Å². The van der Waals surface area contributed by atoms with Crippen LogP contribution in [0, 0.1) is 14.9 Å². The molecule has 0 spiro atoms. The molecule has 0 saturated heterocycles. The summed E-state index contributed by atoms with van der Waals surface area (Å²) in [6.45, 7) is 6.87. The predicted molar refractivity (Wildman–Crippen MR) is 69.7 cm³/mol. The Bertz CT molecular complexity index is 365. The Morgan fingerprint density at radius 1 is 1.60 bits per heavy atom. The van der Waals surface area contributed by atoms with Crippen molar-refractivity contribution in [3.63, 3.8) is 0 Å². The fourth-order valence-corrected chi connectivity index (χ4v) is 2.55. The molecule has 1 heterocycles. The summed E-state index contributed by atoms with van der Waals surface area (Å²) in [7, 11) is 0. The van der Waals surface area contributed by atoms with Crippen molar-refractivity contribution in [3.05, 3.63) is 16.1 Å². The van der Waals surface area contributed by atoms with Gasteiger partial charge < -0.3 is 5.32 Å². The van der Waals surface area contributed by atoms with E-state index in [1.54, 1.807) is 6.33 Å². The van der Waals surface area contributed by atoms with Crippen molar-refractivity contribution in [2.45, 2.75) is 33.2 Å². The topological polar surface area (TPSA) is 37.8 Å². The maximum absolute atomic E-state index is 4.25. The van der Waals surface area contributed by atoms with E-state index < -0.39 is 0 Å². The second kappa shape index (κ2) is 3.88. The third kappa shape index (κ3) is 2.41. The van der Waals surface area contributed by atoms with E-state index in [0.717, 1.165) is 15.3 Å². The van der Waals surface area contributed by atoms with E-state index in [1.165, 1.54) is 6.42 Å². The molecule has 1 aromatic heterocycles. The lowest BCUT2D eigenvalue weighted by Gasteiger charge is -2.16. The van der Waals surface area contributed by atoms with E-state index in [2.05, 4.69) is 58.6 Å². The first-order valence-corrected chi connectivity index (χ1v) is 6.30. The van der Waals surface area contributed by atoms with E-state index in [9.17, 15) is 0 Å². The van der Waals surface area contributed by atoms with E-state index in [1.807, 2.05) is 6.20 Å². The molecular formula is C11H16IN3. The van der Waals surface area contributed by atoms with E-state index in [-0.39, 0.29) is 0 Å². The lowest BCUT2D eigenvalue weighted by molar-refractivity contribution is 0.518. The van der Waals surface area contributed by atoms with Crippen LogP contribution in [0.4, 0.5) is 5.82 Å². The number of rotatable bonds is 3. The first-order valence-electron chi connectivity index (χ1n) is 5.23. The van der Waals surface area contributed by atoms with Crippen LogP contribution >= 0.6 is 22.6 Å². The van der Waals surface area contributed by atoms with Crippen molar-refractivity contribution in [2.75, 3.05) is 5.32 Å². The molecule has 82 valence electrons. The quantitative estimate of drug-likeness (QED) is 0.871. The maximum Gasteiger partial charge on any atom is 0.143 e. The van der Waals surface area contributed by atoms with Gasteiger partial charge in [0.25, 0.3) is 0 Å². The van der Waals surface area contributed by atoms with Gasteiger partial charge in [0.15, 0.2) is 0 Å². The van der Waals surface area contributed by atoms with E-state index >= 15 is 0 Å². The lowest BCUT2D eigenvalue weighted by atomic mass is 10.1. The monoisotopic (exact) mass is 317 g/mol. The standard InChI is InChI=1S/C11H16IN3/c1-7(8-4-11(8,2)3)15-10-9(12)5-13-6-14-10/h5-8H,4H2,1-3H3,(H,13,14,15). The highest BCUT2D eigenvalue weighted by molar-refractivity contribution is 14.1. The van der Waals surface area contributed by atoms with Gasteiger partial charge in [0.05, 0.1) is 3.57 Å². The lowest BCUT2D eigenvalue weighted by Crippen LogP contribution is -2.21. The van der Waals surface area contributed by atoms with Crippen LogP contribution in [-0.2, 0) is 0 Å². The van der Waals surface area contributed by atoms with Crippen molar-refractivity contribution in [1.29, 1.82) is 0 Å². The summed E-state index contributed by atoms with van der Waals surface area (Å²) >= 11 is 2.26. The minimum atomic E-state index is 0.489. The summed E-state index contributed by atoms with van der Waals surface area (Å²) in [5.74, 6) is 1.73. The largest absolute Gasteiger partial charge is 0.366 e. The molecule has 0 amide bonds. The number of hydrogen-bond acceptors (Lipinski definition) is 3. The molecule has 0 aromatic carbocycles. The maximum atomic E-state index is 4.25. The molecule has 0 bridgehead atoms. The number of aromatic nitrogens is 2. The van der Waals surface area contributed by atoms with Crippen molar-refractivity contribution in [1.82, 2.24) is 9.97 Å². The first kappa shape index (κ1) is 11.1. The van der Waals surface area contributed by atoms with Crippen molar-refractivity contribution in [3.8, 4) is 0 Å². The van der Waals surface area contributed by atoms with Crippen LogP contribution in [0.15, 0.2) is 12.5 Å². The molecule has 2 rings (SSSR count). The molecule has 1 aromatic rings. The Kier molecular flexibility index (Phi) is 2.87. The van der Waals surface area contributed by atoms with Gasteiger partial charge in [-0.05, 0) is 47.3 Å². The minimum absolute atomic E-state index is 0.489. The van der Waals surface area contributed by atoms with Crippen LogP contribution in [0.5, 0.6) is 0 Å². The first-order chi connectivity index (χ1) is 7.00. The number of halogens is 1. The van der Waals surface area contributed by atoms with Gasteiger partial charge in [0.2, 0.25) is 0 Å². The van der Waals surface area contributed by atoms with Gasteiger partial charge in [0.1, 0.15) is 12.1 Å². The molecule has 1 aliphatic carbocycles. The zero-order valence-corrected chi connectivity index (χ0v) is 11.4. The summed E-state index contributed by atoms with van der Waals surface area (Å²) in [4.78, 5) is 8.23. The highest BCUT2D eigenvalue weighted by Gasteiger charge is 2.48. The molecular weight excluding hydrogens is 301 g/mol. The number of nitrogens with one attached hydrogen (secondary N) is 1. The minimum Gasteiger partial charge on any atom is -0.366 e. The zero-order valence-electron chi connectivity index (χ0n) is 9.29. The molecule has 0 aliphatic heterocycles. The number of anilines is 1. The summed E-state index contributed by atoms with van der Waals surface area (Å²) in [5.41, 5.74) is 0.505. The summed E-state index contributed by atoms with van der Waals surface area (Å²) in [6.07, 6.45) is 4.73. The summed E-state index contributed by atoms with van der Waals surface area (Å²) in [6, 6.07) is 0.489.